The molecule has 0 spiro atoms. The van der Waals surface area contributed by atoms with Gasteiger partial charge in [0.1, 0.15) is 5.65 Å². The van der Waals surface area contributed by atoms with Gasteiger partial charge in [-0.3, -0.25) is 4.98 Å². The van der Waals surface area contributed by atoms with Crippen molar-refractivity contribution in [3.8, 4) is 22.3 Å². The Hall–Kier alpha value is -3.02. The van der Waals surface area contributed by atoms with Gasteiger partial charge in [-0.05, 0) is 77.9 Å². The summed E-state index contributed by atoms with van der Waals surface area (Å²) in [6.45, 7) is 2.62. The lowest BCUT2D eigenvalue weighted by Gasteiger charge is -2.24. The molecule has 0 amide bonds. The first kappa shape index (κ1) is 17.8. The number of nitrogens with one attached hydrogen (secondary N) is 2. The van der Waals surface area contributed by atoms with Crippen LogP contribution >= 0.6 is 0 Å². The maximum atomic E-state index is 5.80. The van der Waals surface area contributed by atoms with Crippen LogP contribution < -0.4 is 5.32 Å². The molecule has 0 saturated carbocycles. The first-order valence-corrected chi connectivity index (χ1v) is 10.7. The Morgan fingerprint density at radius 1 is 1.03 bits per heavy atom. The number of nitrogens with zero attached hydrogens (tertiary/aromatic N) is 2. The average Bonchev–Trinajstić information content (AvgIpc) is 3.49. The van der Waals surface area contributed by atoms with E-state index in [4.69, 9.17) is 9.72 Å². The van der Waals surface area contributed by atoms with E-state index >= 15 is 0 Å². The molecule has 5 nitrogen and oxygen atoms in total. The fourth-order valence-corrected chi connectivity index (χ4v) is 4.87. The van der Waals surface area contributed by atoms with Gasteiger partial charge < -0.3 is 15.0 Å². The van der Waals surface area contributed by atoms with Gasteiger partial charge in [0.25, 0.3) is 0 Å². The molecule has 5 heteroatoms. The van der Waals surface area contributed by atoms with Crippen LogP contribution in [0.5, 0.6) is 0 Å². The van der Waals surface area contributed by atoms with Gasteiger partial charge >= 0.3 is 0 Å². The number of fused-ring (bicyclic) bond motifs is 2. The predicted octanol–water partition coefficient (Wildman–Crippen LogP) is 4.79. The Morgan fingerprint density at radius 3 is 2.83 bits per heavy atom. The molecule has 1 aromatic carbocycles. The molecule has 3 aromatic heterocycles. The lowest BCUT2D eigenvalue weighted by molar-refractivity contribution is 0.109. The monoisotopic (exact) mass is 396 g/mol. The summed E-state index contributed by atoms with van der Waals surface area (Å²) < 4.78 is 5.80. The minimum Gasteiger partial charge on any atom is -0.376 e. The molecule has 2 N–H and O–H groups in total. The van der Waals surface area contributed by atoms with Crippen molar-refractivity contribution in [2.45, 2.75) is 31.9 Å². The number of ether oxygens (including phenoxy) is 1. The van der Waals surface area contributed by atoms with E-state index in [1.54, 1.807) is 0 Å². The summed E-state index contributed by atoms with van der Waals surface area (Å²) in [4.78, 5) is 12.2. The first-order chi connectivity index (χ1) is 14.9. The predicted molar refractivity (Wildman–Crippen MR) is 118 cm³/mol. The zero-order valence-corrected chi connectivity index (χ0v) is 16.8. The standard InChI is InChI=1S/C25H24N4O/c1-2-24(27-6-1)20-11-18(10-17-5-9-30-15-23(17)20)19-12-21-22(14-29-25(21)28-13-19)16-3-7-26-8-4-16/h3-4,7-8,10-14,24,27H,1-2,5-6,9,15H2,(H,28,29)/t24-/m0/s1. The lowest BCUT2D eigenvalue weighted by atomic mass is 9.88. The van der Waals surface area contributed by atoms with E-state index in [-0.39, 0.29) is 0 Å². The Labute approximate surface area is 175 Å². The summed E-state index contributed by atoms with van der Waals surface area (Å²) in [6.07, 6.45) is 11.1. The van der Waals surface area contributed by atoms with E-state index < -0.39 is 0 Å². The van der Waals surface area contributed by atoms with Crippen molar-refractivity contribution >= 4 is 11.0 Å². The zero-order valence-electron chi connectivity index (χ0n) is 16.8. The molecule has 0 radical (unpaired) electrons. The van der Waals surface area contributed by atoms with E-state index in [1.165, 1.54) is 35.1 Å². The van der Waals surface area contributed by atoms with Crippen LogP contribution in [0.25, 0.3) is 33.3 Å². The first-order valence-electron chi connectivity index (χ1n) is 10.7. The van der Waals surface area contributed by atoms with E-state index in [1.807, 2.05) is 36.9 Å². The average molecular weight is 396 g/mol. The van der Waals surface area contributed by atoms with Crippen molar-refractivity contribution in [3.05, 3.63) is 71.8 Å². The van der Waals surface area contributed by atoms with E-state index in [0.29, 0.717) is 6.04 Å². The number of hydrogen-bond donors (Lipinski definition) is 2. The largest absolute Gasteiger partial charge is 0.376 e. The smallest absolute Gasteiger partial charge is 0.137 e. The van der Waals surface area contributed by atoms with Crippen LogP contribution in [0.3, 0.4) is 0 Å². The van der Waals surface area contributed by atoms with Crippen LogP contribution in [-0.2, 0) is 17.8 Å². The number of aromatic nitrogens is 3. The number of H-pyrrole nitrogens is 1. The molecule has 0 bridgehead atoms. The van der Waals surface area contributed by atoms with Crippen molar-refractivity contribution in [2.75, 3.05) is 13.2 Å². The molecule has 2 aliphatic heterocycles. The summed E-state index contributed by atoms with van der Waals surface area (Å²) in [7, 11) is 0. The second-order valence-corrected chi connectivity index (χ2v) is 8.21. The number of rotatable bonds is 3. The van der Waals surface area contributed by atoms with Gasteiger partial charge in [-0.2, -0.15) is 0 Å². The molecule has 2 aliphatic rings. The van der Waals surface area contributed by atoms with Crippen LogP contribution in [0.4, 0.5) is 0 Å². The third kappa shape index (κ3) is 3.02. The highest BCUT2D eigenvalue weighted by Gasteiger charge is 2.24. The molecule has 1 fully saturated rings. The zero-order chi connectivity index (χ0) is 19.9. The Kier molecular flexibility index (Phi) is 4.36. The lowest BCUT2D eigenvalue weighted by Crippen LogP contribution is -2.19. The molecular weight excluding hydrogens is 372 g/mol. The highest BCUT2D eigenvalue weighted by atomic mass is 16.5. The number of benzene rings is 1. The number of aromatic amines is 1. The van der Waals surface area contributed by atoms with E-state index in [0.717, 1.165) is 53.9 Å². The van der Waals surface area contributed by atoms with Crippen LogP contribution in [0, 0.1) is 0 Å². The van der Waals surface area contributed by atoms with Crippen molar-refractivity contribution in [3.63, 3.8) is 0 Å². The summed E-state index contributed by atoms with van der Waals surface area (Å²) >= 11 is 0. The molecule has 0 aliphatic carbocycles. The SMILES string of the molecule is c1cc(-c2c[nH]c3ncc(-c4cc5c(c([C@@H]6CCCN6)c4)COCC5)cc23)ccn1. The maximum absolute atomic E-state index is 5.80. The number of hydrogen-bond acceptors (Lipinski definition) is 4. The summed E-state index contributed by atoms with van der Waals surface area (Å²) in [6, 6.07) is 11.5. The van der Waals surface area contributed by atoms with Crippen LogP contribution in [0.2, 0.25) is 0 Å². The minimum atomic E-state index is 0.428. The van der Waals surface area contributed by atoms with Crippen molar-refractivity contribution in [2.24, 2.45) is 0 Å². The van der Waals surface area contributed by atoms with Crippen LogP contribution in [-0.4, -0.2) is 28.1 Å². The molecule has 30 heavy (non-hydrogen) atoms. The fraction of sp³-hybridized carbons (Fsp3) is 0.280. The van der Waals surface area contributed by atoms with E-state index in [9.17, 15) is 0 Å². The van der Waals surface area contributed by atoms with Gasteiger partial charge in [-0.15, -0.1) is 0 Å². The third-order valence-corrected chi connectivity index (χ3v) is 6.43. The summed E-state index contributed by atoms with van der Waals surface area (Å²) in [5, 5.41) is 4.81. The molecule has 6 rings (SSSR count). The van der Waals surface area contributed by atoms with Crippen molar-refractivity contribution in [1.29, 1.82) is 0 Å². The molecule has 5 heterocycles. The fourth-order valence-electron chi connectivity index (χ4n) is 4.87. The minimum absolute atomic E-state index is 0.428. The number of pyridine rings is 2. The van der Waals surface area contributed by atoms with Gasteiger partial charge in [0, 0.05) is 47.3 Å². The van der Waals surface area contributed by atoms with Crippen LogP contribution in [0.1, 0.15) is 35.6 Å². The Balaban J connectivity index is 1.49. The molecule has 0 unspecified atom stereocenters. The van der Waals surface area contributed by atoms with Crippen molar-refractivity contribution < 1.29 is 4.74 Å². The summed E-state index contributed by atoms with van der Waals surface area (Å²) in [5.41, 5.74) is 9.84. The topological polar surface area (TPSA) is 62.8 Å². The third-order valence-electron chi connectivity index (χ3n) is 6.43. The molecule has 4 aromatic rings. The molecule has 150 valence electrons. The Morgan fingerprint density at radius 2 is 1.97 bits per heavy atom. The second kappa shape index (κ2) is 7.35. The van der Waals surface area contributed by atoms with Gasteiger partial charge in [-0.1, -0.05) is 6.07 Å². The second-order valence-electron chi connectivity index (χ2n) is 8.21. The quantitative estimate of drug-likeness (QED) is 0.523. The highest BCUT2D eigenvalue weighted by Crippen LogP contribution is 2.36. The normalized spacial score (nSPS) is 18.6. The van der Waals surface area contributed by atoms with E-state index in [2.05, 4.69) is 33.5 Å². The molecule has 1 atom stereocenters. The summed E-state index contributed by atoms with van der Waals surface area (Å²) in [5.74, 6) is 0. The Bertz CT molecular complexity index is 1210. The maximum Gasteiger partial charge on any atom is 0.137 e. The van der Waals surface area contributed by atoms with Gasteiger partial charge in [0.15, 0.2) is 0 Å². The molecule has 1 saturated heterocycles. The van der Waals surface area contributed by atoms with Gasteiger partial charge in [0.05, 0.1) is 13.2 Å². The van der Waals surface area contributed by atoms with Crippen molar-refractivity contribution in [1.82, 2.24) is 20.3 Å². The highest BCUT2D eigenvalue weighted by molar-refractivity contribution is 5.95. The van der Waals surface area contributed by atoms with Gasteiger partial charge in [0.2, 0.25) is 0 Å². The van der Waals surface area contributed by atoms with Gasteiger partial charge in [-0.25, -0.2) is 4.98 Å². The molecular formula is C25H24N4O. The van der Waals surface area contributed by atoms with Crippen LogP contribution in [0.15, 0.2) is 55.1 Å².